The van der Waals surface area contributed by atoms with E-state index in [2.05, 4.69) is 39.9 Å². The summed E-state index contributed by atoms with van der Waals surface area (Å²) in [5.41, 5.74) is 2.57. The molecule has 3 aromatic rings. The highest BCUT2D eigenvalue weighted by Gasteiger charge is 2.30. The molecule has 5 rings (SSSR count). The van der Waals surface area contributed by atoms with Crippen LogP contribution in [0.4, 0.5) is 5.82 Å². The average molecular weight is 704 g/mol. The van der Waals surface area contributed by atoms with Crippen LogP contribution < -0.4 is 15.0 Å². The van der Waals surface area contributed by atoms with Gasteiger partial charge in [0.25, 0.3) is 0 Å². The van der Waals surface area contributed by atoms with E-state index in [9.17, 15) is 13.2 Å². The van der Waals surface area contributed by atoms with Gasteiger partial charge in [0.15, 0.2) is 0 Å². The predicted molar refractivity (Wildman–Crippen MR) is 188 cm³/mol. The summed E-state index contributed by atoms with van der Waals surface area (Å²) in [6.45, 7) is 11.2. The van der Waals surface area contributed by atoms with E-state index in [0.717, 1.165) is 69.1 Å². The number of pyridine rings is 2. The quantitative estimate of drug-likeness (QED) is 0.276. The number of amides is 1. The fourth-order valence-electron chi connectivity index (χ4n) is 6.28. The third-order valence-electron chi connectivity index (χ3n) is 8.87. The Morgan fingerprint density at radius 1 is 1.02 bits per heavy atom. The maximum absolute atomic E-state index is 11.7. The Hall–Kier alpha value is -2.96. The minimum atomic E-state index is -3.01. The van der Waals surface area contributed by atoms with E-state index in [-0.39, 0.29) is 23.7 Å². The number of benzene rings is 1. The van der Waals surface area contributed by atoms with Crippen molar-refractivity contribution in [2.75, 3.05) is 56.2 Å². The molecule has 2 fully saturated rings. The van der Waals surface area contributed by atoms with Gasteiger partial charge in [0.2, 0.25) is 11.8 Å². The normalized spacial score (nSPS) is 19.9. The van der Waals surface area contributed by atoms with E-state index < -0.39 is 9.84 Å². The smallest absolute Gasteiger partial charge is 0.220 e. The molecule has 0 aliphatic carbocycles. The number of sulfone groups is 1. The van der Waals surface area contributed by atoms with Crippen molar-refractivity contribution in [3.05, 3.63) is 64.3 Å². The first-order valence-corrected chi connectivity index (χ1v) is 18.9. The second-order valence-corrected chi connectivity index (χ2v) is 16.1. The van der Waals surface area contributed by atoms with Gasteiger partial charge in [-0.15, -0.1) is 0 Å². The fourth-order valence-corrected chi connectivity index (χ4v) is 7.38. The summed E-state index contributed by atoms with van der Waals surface area (Å²) < 4.78 is 29.7. The van der Waals surface area contributed by atoms with Crippen molar-refractivity contribution >= 4 is 44.8 Å². The van der Waals surface area contributed by atoms with Crippen LogP contribution in [0.2, 0.25) is 10.0 Å². The Bertz CT molecular complexity index is 1630. The molecule has 0 saturated carbocycles. The summed E-state index contributed by atoms with van der Waals surface area (Å²) in [6.07, 6.45) is 5.05. The zero-order chi connectivity index (χ0) is 33.7. The van der Waals surface area contributed by atoms with E-state index in [0.29, 0.717) is 39.8 Å². The second kappa shape index (κ2) is 15.5. The number of nitrogens with zero attached hydrogens (tertiary/aromatic N) is 5. The molecule has 0 spiro atoms. The Morgan fingerprint density at radius 2 is 1.74 bits per heavy atom. The SMILES string of the molecule is CC(=O)NCC1CCN(Cc2cc(Oc3ccc(N4C[C@H](C)N(CCS(C)(=O)=O)C[C@@H]4C)nc3)nc(-c3cc(Cl)cc(Cl)c3)c2)CC1. The number of piperidine rings is 1. The number of hydrogen-bond acceptors (Lipinski definition) is 9. The highest BCUT2D eigenvalue weighted by atomic mass is 35.5. The maximum atomic E-state index is 11.7. The largest absolute Gasteiger partial charge is 0.437 e. The maximum Gasteiger partial charge on any atom is 0.220 e. The highest BCUT2D eigenvalue weighted by Crippen LogP contribution is 2.31. The lowest BCUT2D eigenvalue weighted by Gasteiger charge is -2.44. The van der Waals surface area contributed by atoms with Gasteiger partial charge in [0.05, 0.1) is 17.6 Å². The van der Waals surface area contributed by atoms with Crippen molar-refractivity contribution in [2.24, 2.45) is 5.92 Å². The summed E-state index contributed by atoms with van der Waals surface area (Å²) in [5.74, 6) is 2.53. The van der Waals surface area contributed by atoms with Crippen molar-refractivity contribution in [3.8, 4) is 22.9 Å². The van der Waals surface area contributed by atoms with E-state index in [4.69, 9.17) is 37.9 Å². The van der Waals surface area contributed by atoms with Crippen molar-refractivity contribution in [1.29, 1.82) is 0 Å². The number of anilines is 1. The van der Waals surface area contributed by atoms with Crippen molar-refractivity contribution in [1.82, 2.24) is 25.1 Å². The first-order chi connectivity index (χ1) is 22.3. The van der Waals surface area contributed by atoms with Crippen LogP contribution >= 0.6 is 23.2 Å². The molecule has 2 atom stereocenters. The zero-order valence-corrected chi connectivity index (χ0v) is 29.8. The highest BCUT2D eigenvalue weighted by molar-refractivity contribution is 7.90. The first-order valence-electron chi connectivity index (χ1n) is 16.1. The molecule has 2 saturated heterocycles. The molecule has 47 heavy (non-hydrogen) atoms. The fraction of sp³-hybridized carbons (Fsp3) is 0.500. The lowest BCUT2D eigenvalue weighted by atomic mass is 9.96. The molecule has 1 amide bonds. The predicted octanol–water partition coefficient (Wildman–Crippen LogP) is 5.53. The lowest BCUT2D eigenvalue weighted by Crippen LogP contribution is -2.57. The van der Waals surface area contributed by atoms with E-state index >= 15 is 0 Å². The minimum Gasteiger partial charge on any atom is -0.437 e. The van der Waals surface area contributed by atoms with Crippen LogP contribution in [0.1, 0.15) is 39.2 Å². The van der Waals surface area contributed by atoms with Crippen LogP contribution in [0.5, 0.6) is 11.6 Å². The number of halogens is 2. The van der Waals surface area contributed by atoms with Crippen LogP contribution in [-0.2, 0) is 21.2 Å². The van der Waals surface area contributed by atoms with Crippen molar-refractivity contribution in [3.63, 3.8) is 0 Å². The standard InChI is InChI=1S/C34H44Cl2N6O4S/c1-23-21-42(24(2)20-41(23)11-12-47(4,44)45)33-6-5-31(19-38-33)46-34-14-27(13-32(39-34)28-15-29(35)17-30(36)16-28)22-40-9-7-26(8-10-40)18-37-25(3)43/h5-6,13-17,19,23-24,26H,7-12,18,20-22H2,1-4H3,(H,37,43)/t23-,24-/m0/s1. The number of hydrogen-bond donors (Lipinski definition) is 1. The summed E-state index contributed by atoms with van der Waals surface area (Å²) in [5, 5.41) is 4.01. The van der Waals surface area contributed by atoms with Gasteiger partial charge in [-0.1, -0.05) is 23.2 Å². The molecule has 13 heteroatoms. The number of aromatic nitrogens is 2. The van der Waals surface area contributed by atoms with Crippen molar-refractivity contribution in [2.45, 2.75) is 52.2 Å². The molecule has 10 nitrogen and oxygen atoms in total. The molecule has 1 aromatic carbocycles. The van der Waals surface area contributed by atoms with Crippen LogP contribution in [-0.4, -0.2) is 97.5 Å². The minimum absolute atomic E-state index is 0.0150. The van der Waals surface area contributed by atoms with Gasteiger partial charge in [0.1, 0.15) is 21.4 Å². The van der Waals surface area contributed by atoms with Crippen LogP contribution in [0, 0.1) is 5.92 Å². The molecule has 2 aliphatic heterocycles. The monoisotopic (exact) mass is 702 g/mol. The van der Waals surface area contributed by atoms with E-state index in [1.165, 1.54) is 6.26 Å². The third kappa shape index (κ3) is 10.3. The first kappa shape index (κ1) is 35.3. The molecule has 2 aromatic heterocycles. The topological polar surface area (TPSA) is 108 Å². The average Bonchev–Trinajstić information content (AvgIpc) is 3.00. The lowest BCUT2D eigenvalue weighted by molar-refractivity contribution is -0.119. The summed E-state index contributed by atoms with van der Waals surface area (Å²) in [7, 11) is -3.01. The summed E-state index contributed by atoms with van der Waals surface area (Å²) >= 11 is 12.7. The van der Waals surface area contributed by atoms with Gasteiger partial charge in [0, 0.05) is 79.7 Å². The molecule has 0 bridgehead atoms. The number of likely N-dealkylation sites (tertiary alicyclic amines) is 1. The number of carbonyl (C=O) groups excluding carboxylic acids is 1. The Labute approximate surface area is 288 Å². The molecule has 254 valence electrons. The van der Waals surface area contributed by atoms with Gasteiger partial charge in [-0.2, -0.15) is 0 Å². The molecule has 1 N–H and O–H groups in total. The number of piperazine rings is 1. The molecule has 0 unspecified atom stereocenters. The molecular formula is C34H44Cl2N6O4S. The van der Waals surface area contributed by atoms with Crippen LogP contribution in [0.25, 0.3) is 11.3 Å². The van der Waals surface area contributed by atoms with Crippen LogP contribution in [0.15, 0.2) is 48.7 Å². The molecule has 4 heterocycles. The molecular weight excluding hydrogens is 659 g/mol. The van der Waals surface area contributed by atoms with E-state index in [1.54, 1.807) is 19.2 Å². The van der Waals surface area contributed by atoms with Gasteiger partial charge in [-0.05, 0) is 87.7 Å². The van der Waals surface area contributed by atoms with Gasteiger partial charge < -0.3 is 15.0 Å². The Kier molecular flexibility index (Phi) is 11.7. The number of rotatable bonds is 11. The van der Waals surface area contributed by atoms with Gasteiger partial charge in [-0.25, -0.2) is 18.4 Å². The number of ether oxygens (including phenoxy) is 1. The summed E-state index contributed by atoms with van der Waals surface area (Å²) in [4.78, 5) is 27.8. The van der Waals surface area contributed by atoms with Crippen molar-refractivity contribution < 1.29 is 17.9 Å². The van der Waals surface area contributed by atoms with Gasteiger partial charge in [-0.3, -0.25) is 14.6 Å². The number of carbonyl (C=O) groups is 1. The Morgan fingerprint density at radius 3 is 2.38 bits per heavy atom. The molecule has 2 aliphatic rings. The van der Waals surface area contributed by atoms with Crippen LogP contribution in [0.3, 0.4) is 0 Å². The summed E-state index contributed by atoms with van der Waals surface area (Å²) in [6, 6.07) is 13.6. The third-order valence-corrected chi connectivity index (χ3v) is 10.2. The zero-order valence-electron chi connectivity index (χ0n) is 27.5. The van der Waals surface area contributed by atoms with Gasteiger partial charge >= 0.3 is 0 Å². The molecule has 0 radical (unpaired) electrons. The Balaban J connectivity index is 1.29. The van der Waals surface area contributed by atoms with E-state index in [1.807, 2.05) is 30.3 Å². The second-order valence-electron chi connectivity index (χ2n) is 12.9. The number of nitrogens with one attached hydrogen (secondary N) is 1.